The third kappa shape index (κ3) is 5.17. The van der Waals surface area contributed by atoms with Crippen LogP contribution in [0, 0.1) is 6.92 Å². The van der Waals surface area contributed by atoms with Crippen molar-refractivity contribution in [3.05, 3.63) is 59.4 Å². The summed E-state index contributed by atoms with van der Waals surface area (Å²) in [5.41, 5.74) is -0.606. The predicted octanol–water partition coefficient (Wildman–Crippen LogP) is 0.984. The molecule has 198 valence electrons. The smallest absolute Gasteiger partial charge is 0.343 e. The van der Waals surface area contributed by atoms with Gasteiger partial charge in [0.05, 0.1) is 20.0 Å². The number of aromatic hydroxyl groups is 1. The third-order valence-corrected chi connectivity index (χ3v) is 6.37. The van der Waals surface area contributed by atoms with Gasteiger partial charge in [-0.05, 0) is 54.8 Å². The quantitative estimate of drug-likeness (QED) is 0.164. The van der Waals surface area contributed by atoms with Gasteiger partial charge in [0.15, 0.2) is 5.78 Å². The molecule has 1 aromatic heterocycles. The lowest BCUT2D eigenvalue weighted by Gasteiger charge is -2.42. The summed E-state index contributed by atoms with van der Waals surface area (Å²) in [7, 11) is 0.988. The number of aliphatic hydroxyl groups is 4. The van der Waals surface area contributed by atoms with E-state index in [2.05, 4.69) is 4.74 Å². The first-order valence-corrected chi connectivity index (χ1v) is 11.5. The fourth-order valence-electron chi connectivity index (χ4n) is 4.34. The van der Waals surface area contributed by atoms with Crippen LogP contribution in [-0.4, -0.2) is 81.2 Å². The Hall–Kier alpha value is -3.48. The number of Topliss-reactive ketones (excluding diaryl/α,β-unsaturated/α-hetero) is 1. The number of ketones is 1. The van der Waals surface area contributed by atoms with Crippen molar-refractivity contribution >= 4 is 22.7 Å². The molecule has 0 aliphatic carbocycles. The van der Waals surface area contributed by atoms with Gasteiger partial charge in [-0.15, -0.1) is 0 Å². The minimum Gasteiger partial charge on any atom is -0.507 e. The fourth-order valence-corrected chi connectivity index (χ4v) is 4.34. The Morgan fingerprint density at radius 1 is 1.19 bits per heavy atom. The van der Waals surface area contributed by atoms with Gasteiger partial charge in [-0.25, -0.2) is 4.79 Å². The summed E-state index contributed by atoms with van der Waals surface area (Å²) in [5.74, 6) is -2.21. The van der Waals surface area contributed by atoms with Crippen LogP contribution in [0.1, 0.15) is 27.9 Å². The largest absolute Gasteiger partial charge is 0.507 e. The molecule has 2 heterocycles. The number of methoxy groups -OCH3 is 1. The molecule has 4 rings (SSSR count). The number of furan rings is 1. The molecule has 2 aromatic carbocycles. The van der Waals surface area contributed by atoms with Crippen molar-refractivity contribution in [2.45, 2.75) is 50.0 Å². The minimum absolute atomic E-state index is 0.0138. The zero-order chi connectivity index (χ0) is 26.9. The summed E-state index contributed by atoms with van der Waals surface area (Å²) in [6, 6.07) is 10.1. The minimum atomic E-state index is -2.55. The van der Waals surface area contributed by atoms with Crippen molar-refractivity contribution < 1.29 is 53.7 Å². The van der Waals surface area contributed by atoms with Gasteiger partial charge >= 0.3 is 5.97 Å². The lowest BCUT2D eigenvalue weighted by Crippen LogP contribution is -2.67. The molecule has 1 aliphatic heterocycles. The second kappa shape index (κ2) is 10.5. The van der Waals surface area contributed by atoms with Crippen LogP contribution in [0.3, 0.4) is 0 Å². The van der Waals surface area contributed by atoms with Crippen LogP contribution in [0.2, 0.25) is 0 Å². The maximum atomic E-state index is 13.1. The summed E-state index contributed by atoms with van der Waals surface area (Å²) in [4.78, 5) is 24.9. The molecule has 5 atom stereocenters. The normalized spacial score (nSPS) is 24.5. The number of rotatable bonds is 8. The Morgan fingerprint density at radius 2 is 1.95 bits per heavy atom. The number of phenolic OH excluding ortho intramolecular Hbond substituents is 1. The number of carbonyl (C=O) groups excluding carboxylic acids is 2. The Kier molecular flexibility index (Phi) is 7.53. The summed E-state index contributed by atoms with van der Waals surface area (Å²) in [5, 5.41) is 53.1. The van der Waals surface area contributed by atoms with Crippen LogP contribution in [0.25, 0.3) is 11.0 Å². The molecule has 0 spiro atoms. The first-order valence-electron chi connectivity index (χ1n) is 11.5. The van der Waals surface area contributed by atoms with E-state index in [0.29, 0.717) is 12.0 Å². The van der Waals surface area contributed by atoms with Crippen molar-refractivity contribution in [3.8, 4) is 11.5 Å². The summed E-state index contributed by atoms with van der Waals surface area (Å²) in [6.07, 6.45) is -5.62. The summed E-state index contributed by atoms with van der Waals surface area (Å²) >= 11 is 0. The maximum Gasteiger partial charge on any atom is 0.343 e. The average molecular weight is 516 g/mol. The number of carbonyl (C=O) groups is 2. The number of hydrogen-bond donors (Lipinski definition) is 5. The van der Waals surface area contributed by atoms with Crippen LogP contribution < -0.4 is 4.74 Å². The Bertz CT molecular complexity index is 1300. The molecule has 0 saturated carbocycles. The molecule has 11 nitrogen and oxygen atoms in total. The highest BCUT2D eigenvalue weighted by atomic mass is 16.6. The third-order valence-electron chi connectivity index (χ3n) is 6.37. The number of fused-ring (bicyclic) bond motifs is 1. The highest BCUT2D eigenvalue weighted by molar-refractivity contribution is 6.01. The molecule has 5 N–H and O–H groups in total. The SMILES string of the molecule is COC(=O)[C@]1(O)CO[C@H](C(O)Oc2cc(C)cc(O)c2C(=O)CCc2ccc3occc3c2)[C@@H](O)[C@@H]1O. The van der Waals surface area contributed by atoms with Crippen LogP contribution >= 0.6 is 0 Å². The molecular weight excluding hydrogens is 488 g/mol. The number of aryl methyl sites for hydroxylation is 2. The Balaban J connectivity index is 1.50. The van der Waals surface area contributed by atoms with Crippen molar-refractivity contribution in [1.82, 2.24) is 0 Å². The first-order chi connectivity index (χ1) is 17.5. The van der Waals surface area contributed by atoms with E-state index in [1.165, 1.54) is 12.1 Å². The molecule has 3 aromatic rings. The van der Waals surface area contributed by atoms with E-state index in [-0.39, 0.29) is 23.5 Å². The number of aliphatic hydroxyl groups excluding tert-OH is 3. The van der Waals surface area contributed by atoms with Gasteiger partial charge in [-0.2, -0.15) is 0 Å². The van der Waals surface area contributed by atoms with Crippen LogP contribution in [0.15, 0.2) is 47.1 Å². The number of phenols is 1. The maximum absolute atomic E-state index is 13.1. The molecule has 1 saturated heterocycles. The molecular formula is C26H28O11. The van der Waals surface area contributed by atoms with E-state index in [1.54, 1.807) is 19.3 Å². The average Bonchev–Trinajstić information content (AvgIpc) is 3.33. The molecule has 1 aliphatic rings. The monoisotopic (exact) mass is 516 g/mol. The lowest BCUT2D eigenvalue weighted by molar-refractivity contribution is -0.271. The van der Waals surface area contributed by atoms with Crippen molar-refractivity contribution in [3.63, 3.8) is 0 Å². The molecule has 1 unspecified atom stereocenters. The van der Waals surface area contributed by atoms with Gasteiger partial charge in [0.25, 0.3) is 0 Å². The highest BCUT2D eigenvalue weighted by Crippen LogP contribution is 2.34. The molecule has 37 heavy (non-hydrogen) atoms. The number of esters is 1. The fraction of sp³-hybridized carbons (Fsp3) is 0.385. The number of ether oxygens (including phenoxy) is 3. The van der Waals surface area contributed by atoms with Gasteiger partial charge in [0.2, 0.25) is 11.9 Å². The number of benzene rings is 2. The molecule has 11 heteroatoms. The molecule has 1 fully saturated rings. The van der Waals surface area contributed by atoms with Crippen molar-refractivity contribution in [2.75, 3.05) is 13.7 Å². The zero-order valence-electron chi connectivity index (χ0n) is 20.2. The van der Waals surface area contributed by atoms with E-state index in [9.17, 15) is 35.1 Å². The number of hydrogen-bond acceptors (Lipinski definition) is 11. The van der Waals surface area contributed by atoms with E-state index in [4.69, 9.17) is 13.9 Å². The molecule has 0 bridgehead atoms. The van der Waals surface area contributed by atoms with Crippen LogP contribution in [-0.2, 0) is 20.7 Å². The highest BCUT2D eigenvalue weighted by Gasteiger charge is 2.56. The molecule has 0 amide bonds. The Morgan fingerprint density at radius 3 is 2.68 bits per heavy atom. The van der Waals surface area contributed by atoms with E-state index in [1.807, 2.05) is 18.2 Å². The predicted molar refractivity (Wildman–Crippen MR) is 127 cm³/mol. The van der Waals surface area contributed by atoms with E-state index in [0.717, 1.165) is 23.6 Å². The first kappa shape index (κ1) is 26.6. The lowest BCUT2D eigenvalue weighted by atomic mass is 9.87. The van der Waals surface area contributed by atoms with Gasteiger partial charge in [-0.1, -0.05) is 6.07 Å². The summed E-state index contributed by atoms with van der Waals surface area (Å²) < 4.78 is 20.5. The van der Waals surface area contributed by atoms with Gasteiger partial charge in [0.1, 0.15) is 41.0 Å². The van der Waals surface area contributed by atoms with E-state index >= 15 is 0 Å². The second-order valence-corrected chi connectivity index (χ2v) is 9.01. The Labute approximate surface area is 211 Å². The van der Waals surface area contributed by atoms with Gasteiger partial charge < -0.3 is 44.2 Å². The van der Waals surface area contributed by atoms with E-state index < -0.39 is 48.6 Å². The second-order valence-electron chi connectivity index (χ2n) is 9.01. The topological polar surface area (TPSA) is 176 Å². The van der Waals surface area contributed by atoms with Crippen LogP contribution in [0.5, 0.6) is 11.5 Å². The van der Waals surface area contributed by atoms with Crippen molar-refractivity contribution in [1.29, 1.82) is 0 Å². The zero-order valence-corrected chi connectivity index (χ0v) is 20.2. The van der Waals surface area contributed by atoms with Crippen LogP contribution in [0.4, 0.5) is 0 Å². The van der Waals surface area contributed by atoms with Gasteiger partial charge in [-0.3, -0.25) is 4.79 Å². The van der Waals surface area contributed by atoms with Gasteiger partial charge in [0, 0.05) is 11.8 Å². The molecule has 0 radical (unpaired) electrons. The standard InChI is InChI=1S/C26H28O11/c1-13-9-17(28)20(16(27)5-3-14-4-6-18-15(11-14)7-8-35-18)19(10-13)37-24(31)22-21(29)23(30)26(33,12-36-22)25(32)34-2/h4,6-11,21-24,28-31,33H,3,5,12H2,1-2H3/t21-,22+,23+,24?,26+/m1/s1. The van der Waals surface area contributed by atoms with Crippen molar-refractivity contribution in [2.24, 2.45) is 0 Å². The summed E-state index contributed by atoms with van der Waals surface area (Å²) in [6.45, 7) is 0.842.